The number of rotatable bonds is 5. The number of hydrogen-bond acceptors (Lipinski definition) is 5. The normalized spacial score (nSPS) is 14.9. The molecule has 3 aromatic carbocycles. The minimum Gasteiger partial charge on any atom is -0.454 e. The van der Waals surface area contributed by atoms with Crippen molar-refractivity contribution in [2.24, 2.45) is 7.05 Å². The van der Waals surface area contributed by atoms with Crippen LogP contribution in [0.25, 0.3) is 11.1 Å². The van der Waals surface area contributed by atoms with Gasteiger partial charge in [0.2, 0.25) is 6.79 Å². The van der Waals surface area contributed by atoms with Gasteiger partial charge in [-0.3, -0.25) is 14.3 Å². The first-order valence-corrected chi connectivity index (χ1v) is 13.1. The van der Waals surface area contributed by atoms with E-state index in [9.17, 15) is 9.59 Å². The largest absolute Gasteiger partial charge is 0.454 e. The first-order valence-electron chi connectivity index (χ1n) is 13.1. The second kappa shape index (κ2) is 10.3. The number of aromatic nitrogens is 2. The average Bonchev–Trinajstić information content (AvgIpc) is 3.62. The summed E-state index contributed by atoms with van der Waals surface area (Å²) in [7, 11) is 1.92. The summed E-state index contributed by atoms with van der Waals surface area (Å²) in [5.74, 6) is 1.32. The molecule has 0 unspecified atom stereocenters. The van der Waals surface area contributed by atoms with E-state index < -0.39 is 0 Å². The van der Waals surface area contributed by atoms with Crippen LogP contribution in [0.5, 0.6) is 11.5 Å². The van der Waals surface area contributed by atoms with E-state index in [1.807, 2.05) is 43.4 Å². The smallest absolute Gasteiger partial charge is 0.255 e. The Balaban J connectivity index is 1.09. The molecule has 0 spiro atoms. The molecule has 2 amide bonds. The number of carbonyl (C=O) groups excluding carboxylic acids is 2. The summed E-state index contributed by atoms with van der Waals surface area (Å²) < 4.78 is 12.5. The number of benzene rings is 3. The molecule has 0 radical (unpaired) electrons. The zero-order valence-corrected chi connectivity index (χ0v) is 22.0. The van der Waals surface area contributed by atoms with E-state index in [4.69, 9.17) is 9.47 Å². The molecule has 8 nitrogen and oxygen atoms in total. The van der Waals surface area contributed by atoms with Crippen LogP contribution in [0.1, 0.15) is 50.6 Å². The number of nitrogens with one attached hydrogen (secondary N) is 1. The van der Waals surface area contributed by atoms with Crippen LogP contribution < -0.4 is 14.8 Å². The van der Waals surface area contributed by atoms with E-state index in [-0.39, 0.29) is 18.6 Å². The number of hydrogen-bond donors (Lipinski definition) is 1. The van der Waals surface area contributed by atoms with Crippen LogP contribution >= 0.6 is 0 Å². The molecule has 0 aliphatic carbocycles. The quantitative estimate of drug-likeness (QED) is 0.380. The van der Waals surface area contributed by atoms with E-state index in [0.717, 1.165) is 29.5 Å². The Morgan fingerprint density at radius 2 is 1.64 bits per heavy atom. The highest BCUT2D eigenvalue weighted by molar-refractivity contribution is 6.06. The molecule has 1 N–H and O–H groups in total. The standard InChI is InChI=1S/C31H30N4O4/c1-20-3-4-25(15-27(20)33-30(36)24-9-10-28-29(16-24)39-19-38-28)31(37)35-13-11-23(12-14-35)21-5-7-22(8-6-21)26-17-32-34(2)18-26/h3-10,15-18,23H,11-14,19H2,1-2H3,(H,33,36). The number of anilines is 1. The van der Waals surface area contributed by atoms with Crippen molar-refractivity contribution in [1.29, 1.82) is 0 Å². The lowest BCUT2D eigenvalue weighted by molar-refractivity contribution is 0.0712. The van der Waals surface area contributed by atoms with Crippen molar-refractivity contribution >= 4 is 17.5 Å². The van der Waals surface area contributed by atoms with Crippen molar-refractivity contribution in [3.8, 4) is 22.6 Å². The molecule has 3 heterocycles. The number of amides is 2. The molecule has 1 fully saturated rings. The number of carbonyl (C=O) groups is 2. The van der Waals surface area contributed by atoms with Gasteiger partial charge in [-0.15, -0.1) is 0 Å². The zero-order chi connectivity index (χ0) is 26.9. The molecule has 2 aliphatic heterocycles. The van der Waals surface area contributed by atoms with Crippen LogP contribution in [-0.2, 0) is 7.05 Å². The fourth-order valence-corrected chi connectivity index (χ4v) is 5.24. The van der Waals surface area contributed by atoms with E-state index in [2.05, 4.69) is 34.7 Å². The van der Waals surface area contributed by atoms with E-state index in [1.54, 1.807) is 28.9 Å². The van der Waals surface area contributed by atoms with E-state index >= 15 is 0 Å². The molecule has 0 saturated carbocycles. The molecule has 8 heteroatoms. The van der Waals surface area contributed by atoms with Crippen LogP contribution in [0.15, 0.2) is 73.1 Å². The second-order valence-electron chi connectivity index (χ2n) is 10.1. The van der Waals surface area contributed by atoms with Crippen molar-refractivity contribution in [2.45, 2.75) is 25.7 Å². The highest BCUT2D eigenvalue weighted by Crippen LogP contribution is 2.33. The minimum absolute atomic E-state index is 0.0149. The van der Waals surface area contributed by atoms with Gasteiger partial charge in [0, 0.05) is 48.7 Å². The number of fused-ring (bicyclic) bond motifs is 1. The molecule has 6 rings (SSSR count). The van der Waals surface area contributed by atoms with E-state index in [1.165, 1.54) is 5.56 Å². The highest BCUT2D eigenvalue weighted by Gasteiger charge is 2.25. The summed E-state index contributed by atoms with van der Waals surface area (Å²) in [4.78, 5) is 28.2. The van der Waals surface area contributed by atoms with Crippen molar-refractivity contribution < 1.29 is 19.1 Å². The lowest BCUT2D eigenvalue weighted by Crippen LogP contribution is -2.38. The summed E-state index contributed by atoms with van der Waals surface area (Å²) in [6.45, 7) is 3.45. The summed E-state index contributed by atoms with van der Waals surface area (Å²) >= 11 is 0. The second-order valence-corrected chi connectivity index (χ2v) is 10.1. The average molecular weight is 523 g/mol. The van der Waals surface area contributed by atoms with E-state index in [0.29, 0.717) is 47.3 Å². The Hall–Kier alpha value is -4.59. The Morgan fingerprint density at radius 3 is 2.38 bits per heavy atom. The lowest BCUT2D eigenvalue weighted by atomic mass is 9.88. The predicted octanol–water partition coefficient (Wildman–Crippen LogP) is 5.40. The number of likely N-dealkylation sites (tertiary alicyclic amines) is 1. The number of aryl methyl sites for hydroxylation is 2. The molecular formula is C31H30N4O4. The minimum atomic E-state index is -0.267. The topological polar surface area (TPSA) is 85.7 Å². The molecule has 1 aromatic heterocycles. The molecule has 1 saturated heterocycles. The van der Waals surface area contributed by atoms with Gasteiger partial charge in [0.25, 0.3) is 11.8 Å². The molecule has 4 aromatic rings. The van der Waals surface area contributed by atoms with Crippen LogP contribution in [0, 0.1) is 6.92 Å². The first-order chi connectivity index (χ1) is 18.9. The number of piperidine rings is 1. The maximum absolute atomic E-state index is 13.4. The van der Waals surface area contributed by atoms with Crippen LogP contribution in [0.3, 0.4) is 0 Å². The van der Waals surface area contributed by atoms with Gasteiger partial charge in [-0.1, -0.05) is 30.3 Å². The van der Waals surface area contributed by atoms with Gasteiger partial charge >= 0.3 is 0 Å². The molecular weight excluding hydrogens is 492 g/mol. The summed E-state index contributed by atoms with van der Waals surface area (Å²) in [5, 5.41) is 7.20. The van der Waals surface area contributed by atoms with Crippen molar-refractivity contribution in [3.63, 3.8) is 0 Å². The Labute approximate surface area is 227 Å². The van der Waals surface area contributed by atoms with Gasteiger partial charge in [0.05, 0.1) is 6.20 Å². The van der Waals surface area contributed by atoms with Gasteiger partial charge in [-0.25, -0.2) is 0 Å². The fraction of sp³-hybridized carbons (Fsp3) is 0.258. The lowest BCUT2D eigenvalue weighted by Gasteiger charge is -2.32. The first kappa shape index (κ1) is 24.7. The molecule has 39 heavy (non-hydrogen) atoms. The monoisotopic (exact) mass is 522 g/mol. The van der Waals surface area contributed by atoms with Gasteiger partial charge in [0.1, 0.15) is 0 Å². The van der Waals surface area contributed by atoms with Gasteiger partial charge in [0.15, 0.2) is 11.5 Å². The maximum atomic E-state index is 13.4. The molecule has 0 bridgehead atoms. The van der Waals surface area contributed by atoms with Crippen molar-refractivity contribution in [3.05, 3.63) is 95.3 Å². The number of nitrogens with zero attached hydrogens (tertiary/aromatic N) is 3. The van der Waals surface area contributed by atoms with Gasteiger partial charge in [-0.05, 0) is 72.7 Å². The third kappa shape index (κ3) is 5.10. The third-order valence-corrected chi connectivity index (χ3v) is 7.57. The highest BCUT2D eigenvalue weighted by atomic mass is 16.7. The predicted molar refractivity (Wildman–Crippen MR) is 148 cm³/mol. The summed E-state index contributed by atoms with van der Waals surface area (Å²) in [5.41, 5.74) is 6.10. The Kier molecular flexibility index (Phi) is 6.52. The molecule has 198 valence electrons. The Morgan fingerprint density at radius 1 is 0.897 bits per heavy atom. The van der Waals surface area contributed by atoms with Crippen molar-refractivity contribution in [1.82, 2.24) is 14.7 Å². The van der Waals surface area contributed by atoms with Crippen LogP contribution in [0.2, 0.25) is 0 Å². The fourth-order valence-electron chi connectivity index (χ4n) is 5.24. The molecule has 0 atom stereocenters. The third-order valence-electron chi connectivity index (χ3n) is 7.57. The zero-order valence-electron chi connectivity index (χ0n) is 22.0. The maximum Gasteiger partial charge on any atom is 0.255 e. The molecule has 2 aliphatic rings. The van der Waals surface area contributed by atoms with Crippen molar-refractivity contribution in [2.75, 3.05) is 25.2 Å². The van der Waals surface area contributed by atoms with Gasteiger partial charge in [-0.2, -0.15) is 5.10 Å². The van der Waals surface area contributed by atoms with Crippen LogP contribution in [0.4, 0.5) is 5.69 Å². The summed E-state index contributed by atoms with van der Waals surface area (Å²) in [6.07, 6.45) is 5.71. The van der Waals surface area contributed by atoms with Gasteiger partial charge < -0.3 is 19.7 Å². The van der Waals surface area contributed by atoms with Crippen LogP contribution in [-0.4, -0.2) is 46.4 Å². The Bertz CT molecular complexity index is 1530. The SMILES string of the molecule is Cc1ccc(C(=O)N2CCC(c3ccc(-c4cnn(C)c4)cc3)CC2)cc1NC(=O)c1ccc2c(c1)OCO2. The summed E-state index contributed by atoms with van der Waals surface area (Å²) in [6, 6.07) is 19.2. The number of ether oxygens (including phenoxy) is 2.